The van der Waals surface area contributed by atoms with Gasteiger partial charge >= 0.3 is 0 Å². The van der Waals surface area contributed by atoms with Crippen molar-refractivity contribution < 1.29 is 15.0 Å². The molecular formula is C19H24N4O3. The minimum absolute atomic E-state index is 0.0279. The van der Waals surface area contributed by atoms with Crippen LogP contribution >= 0.6 is 0 Å². The summed E-state index contributed by atoms with van der Waals surface area (Å²) >= 11 is 0. The van der Waals surface area contributed by atoms with E-state index in [-0.39, 0.29) is 17.6 Å². The number of nitrogens with zero attached hydrogens (tertiary/aromatic N) is 3. The van der Waals surface area contributed by atoms with Crippen LogP contribution in [-0.2, 0) is 0 Å². The van der Waals surface area contributed by atoms with Gasteiger partial charge in [0.05, 0.1) is 0 Å². The molecule has 7 heteroatoms. The van der Waals surface area contributed by atoms with Crippen LogP contribution in [0.25, 0.3) is 11.5 Å². The van der Waals surface area contributed by atoms with E-state index in [4.69, 9.17) is 0 Å². The predicted molar refractivity (Wildman–Crippen MR) is 96.8 cm³/mol. The van der Waals surface area contributed by atoms with Crippen LogP contribution in [0.15, 0.2) is 18.3 Å². The van der Waals surface area contributed by atoms with Gasteiger partial charge in [0, 0.05) is 12.2 Å². The molecule has 3 rings (SSSR count). The van der Waals surface area contributed by atoms with Gasteiger partial charge in [0.2, 0.25) is 5.75 Å². The van der Waals surface area contributed by atoms with Gasteiger partial charge in [-0.25, -0.2) is 4.98 Å². The Morgan fingerprint density at radius 1 is 1.23 bits per heavy atom. The molecule has 0 aliphatic heterocycles. The van der Waals surface area contributed by atoms with Crippen LogP contribution in [0.1, 0.15) is 55.1 Å². The lowest BCUT2D eigenvalue weighted by Crippen LogP contribution is -2.39. The first kappa shape index (κ1) is 18.1. The zero-order chi connectivity index (χ0) is 18.7. The standard InChI is InChI=1S/C19H24N4O3/c1-11-8-9-20-14(10-11)17-22-15(16(24)19(26)23-17)18(25)21-12(2)13-6-4-3-5-7-13/h8-10,12-13,24H,3-7H2,1-2H3,(H,21,25)(H,22,23,26). The van der Waals surface area contributed by atoms with Crippen molar-refractivity contribution in [1.29, 1.82) is 0 Å². The molecule has 1 unspecified atom stereocenters. The fourth-order valence-corrected chi connectivity index (χ4v) is 3.40. The SMILES string of the molecule is Cc1ccnc(-c2nc(O)c(O)c(C(=O)NC(C)C3CCCCC3)n2)c1. The van der Waals surface area contributed by atoms with Gasteiger partial charge in [-0.15, -0.1) is 0 Å². The predicted octanol–water partition coefficient (Wildman–Crippen LogP) is 2.96. The highest BCUT2D eigenvalue weighted by Gasteiger charge is 2.25. The van der Waals surface area contributed by atoms with Crippen LogP contribution in [0.5, 0.6) is 11.6 Å². The number of aryl methyl sites for hydroxylation is 1. The Kier molecular flexibility index (Phi) is 5.35. The third-order valence-electron chi connectivity index (χ3n) is 4.94. The summed E-state index contributed by atoms with van der Waals surface area (Å²) in [5.41, 5.74) is 1.14. The monoisotopic (exact) mass is 356 g/mol. The molecule has 2 aromatic heterocycles. The Hall–Kier alpha value is -2.70. The smallest absolute Gasteiger partial charge is 0.274 e. The van der Waals surface area contributed by atoms with Gasteiger partial charge in [0.15, 0.2) is 11.5 Å². The summed E-state index contributed by atoms with van der Waals surface area (Å²) in [7, 11) is 0. The second kappa shape index (κ2) is 7.68. The zero-order valence-electron chi connectivity index (χ0n) is 15.1. The second-order valence-electron chi connectivity index (χ2n) is 6.95. The lowest BCUT2D eigenvalue weighted by Gasteiger charge is -2.28. The normalized spacial score (nSPS) is 16.2. The molecule has 0 bridgehead atoms. The number of carbonyl (C=O) groups excluding carboxylic acids is 1. The Morgan fingerprint density at radius 2 is 1.96 bits per heavy atom. The Bertz CT molecular complexity index is 803. The highest BCUT2D eigenvalue weighted by Crippen LogP contribution is 2.30. The van der Waals surface area contributed by atoms with Gasteiger partial charge in [0.25, 0.3) is 11.8 Å². The van der Waals surface area contributed by atoms with E-state index in [2.05, 4.69) is 20.3 Å². The van der Waals surface area contributed by atoms with E-state index in [1.54, 1.807) is 12.3 Å². The van der Waals surface area contributed by atoms with E-state index < -0.39 is 17.5 Å². The maximum Gasteiger partial charge on any atom is 0.274 e. The van der Waals surface area contributed by atoms with Crippen LogP contribution in [0.2, 0.25) is 0 Å². The molecular weight excluding hydrogens is 332 g/mol. The molecule has 1 aliphatic carbocycles. The molecule has 0 saturated heterocycles. The number of amides is 1. The molecule has 7 nitrogen and oxygen atoms in total. The van der Waals surface area contributed by atoms with Crippen LogP contribution in [0, 0.1) is 12.8 Å². The van der Waals surface area contributed by atoms with Gasteiger partial charge in [-0.3, -0.25) is 9.78 Å². The first-order valence-electron chi connectivity index (χ1n) is 8.99. The summed E-state index contributed by atoms with van der Waals surface area (Å²) in [4.78, 5) is 24.8. The molecule has 26 heavy (non-hydrogen) atoms. The van der Waals surface area contributed by atoms with Crippen molar-refractivity contribution in [3.05, 3.63) is 29.6 Å². The molecule has 0 aromatic carbocycles. The van der Waals surface area contributed by atoms with E-state index >= 15 is 0 Å². The number of hydrogen-bond donors (Lipinski definition) is 3. The molecule has 2 aromatic rings. The van der Waals surface area contributed by atoms with Gasteiger partial charge in [-0.2, -0.15) is 4.98 Å². The van der Waals surface area contributed by atoms with Crippen molar-refractivity contribution in [2.75, 3.05) is 0 Å². The van der Waals surface area contributed by atoms with Crippen LogP contribution in [0.3, 0.4) is 0 Å². The molecule has 3 N–H and O–H groups in total. The third kappa shape index (κ3) is 3.92. The summed E-state index contributed by atoms with van der Waals surface area (Å²) in [5.74, 6) is -1.25. The summed E-state index contributed by atoms with van der Waals surface area (Å²) in [6, 6.07) is 3.54. The van der Waals surface area contributed by atoms with Crippen molar-refractivity contribution in [3.63, 3.8) is 0 Å². The van der Waals surface area contributed by atoms with Gasteiger partial charge in [-0.05, 0) is 50.3 Å². The minimum atomic E-state index is -0.631. The number of aromatic hydroxyl groups is 2. The van der Waals surface area contributed by atoms with Crippen LogP contribution in [0.4, 0.5) is 0 Å². The van der Waals surface area contributed by atoms with Crippen molar-refractivity contribution in [3.8, 4) is 23.1 Å². The van der Waals surface area contributed by atoms with Gasteiger partial charge in [-0.1, -0.05) is 19.3 Å². The molecule has 0 radical (unpaired) electrons. The molecule has 138 valence electrons. The molecule has 1 amide bonds. The van der Waals surface area contributed by atoms with Crippen LogP contribution < -0.4 is 5.32 Å². The Morgan fingerprint density at radius 3 is 2.65 bits per heavy atom. The molecule has 2 heterocycles. The first-order chi connectivity index (χ1) is 12.5. The molecule has 1 aliphatic rings. The Labute approximate surface area is 152 Å². The highest BCUT2D eigenvalue weighted by molar-refractivity contribution is 5.96. The van der Waals surface area contributed by atoms with Gasteiger partial charge in [0.1, 0.15) is 5.69 Å². The lowest BCUT2D eigenvalue weighted by molar-refractivity contribution is 0.0910. The van der Waals surface area contributed by atoms with E-state index in [1.807, 2.05) is 19.9 Å². The van der Waals surface area contributed by atoms with E-state index in [9.17, 15) is 15.0 Å². The summed E-state index contributed by atoms with van der Waals surface area (Å²) < 4.78 is 0. The average molecular weight is 356 g/mol. The minimum Gasteiger partial charge on any atom is -0.501 e. The van der Waals surface area contributed by atoms with Crippen molar-refractivity contribution in [1.82, 2.24) is 20.3 Å². The fraction of sp³-hybridized carbons (Fsp3) is 0.474. The first-order valence-corrected chi connectivity index (χ1v) is 8.99. The fourth-order valence-electron chi connectivity index (χ4n) is 3.40. The summed E-state index contributed by atoms with van der Waals surface area (Å²) in [5, 5.41) is 22.9. The zero-order valence-corrected chi connectivity index (χ0v) is 15.1. The summed E-state index contributed by atoms with van der Waals surface area (Å²) in [6.07, 6.45) is 7.36. The van der Waals surface area contributed by atoms with Crippen molar-refractivity contribution in [2.45, 2.75) is 52.0 Å². The largest absolute Gasteiger partial charge is 0.501 e. The maximum atomic E-state index is 12.6. The van der Waals surface area contributed by atoms with E-state index in [1.165, 1.54) is 19.3 Å². The third-order valence-corrected chi connectivity index (χ3v) is 4.94. The number of pyridine rings is 1. The second-order valence-corrected chi connectivity index (χ2v) is 6.95. The van der Waals surface area contributed by atoms with E-state index in [0.717, 1.165) is 18.4 Å². The molecule has 1 atom stereocenters. The van der Waals surface area contributed by atoms with Gasteiger partial charge < -0.3 is 15.5 Å². The van der Waals surface area contributed by atoms with Crippen molar-refractivity contribution >= 4 is 5.91 Å². The molecule has 0 spiro atoms. The number of hydrogen-bond acceptors (Lipinski definition) is 6. The van der Waals surface area contributed by atoms with Crippen LogP contribution in [-0.4, -0.2) is 37.1 Å². The van der Waals surface area contributed by atoms with Crippen molar-refractivity contribution in [2.24, 2.45) is 5.92 Å². The van der Waals surface area contributed by atoms with E-state index in [0.29, 0.717) is 11.6 Å². The molecule has 1 saturated carbocycles. The highest BCUT2D eigenvalue weighted by atomic mass is 16.3. The quantitative estimate of drug-likeness (QED) is 0.777. The molecule has 1 fully saturated rings. The Balaban J connectivity index is 1.85. The topological polar surface area (TPSA) is 108 Å². The summed E-state index contributed by atoms with van der Waals surface area (Å²) in [6.45, 7) is 3.86. The average Bonchev–Trinajstić information content (AvgIpc) is 2.64. The lowest BCUT2D eigenvalue weighted by atomic mass is 9.84. The number of aromatic nitrogens is 3. The maximum absolute atomic E-state index is 12.6. The number of carbonyl (C=O) groups is 1. The number of nitrogens with one attached hydrogen (secondary N) is 1. The number of rotatable bonds is 4.